The van der Waals surface area contributed by atoms with Gasteiger partial charge in [0.25, 0.3) is 11.8 Å². The summed E-state index contributed by atoms with van der Waals surface area (Å²) in [6.07, 6.45) is -5.49. The summed E-state index contributed by atoms with van der Waals surface area (Å²) in [5, 5.41) is 5.17. The van der Waals surface area contributed by atoms with Gasteiger partial charge in [0, 0.05) is 17.8 Å². The summed E-state index contributed by atoms with van der Waals surface area (Å²) in [6.45, 7) is 2.00. The van der Waals surface area contributed by atoms with E-state index >= 15 is 0 Å². The van der Waals surface area contributed by atoms with Gasteiger partial charge >= 0.3 is 12.3 Å². The number of anilines is 1. The molecule has 2 amide bonds. The van der Waals surface area contributed by atoms with Crippen LogP contribution in [0.2, 0.25) is 0 Å². The van der Waals surface area contributed by atoms with Crippen molar-refractivity contribution in [3.8, 4) is 5.75 Å². The van der Waals surface area contributed by atoms with Crippen LogP contribution < -0.4 is 15.4 Å². The van der Waals surface area contributed by atoms with Crippen molar-refractivity contribution >= 4 is 23.7 Å². The van der Waals surface area contributed by atoms with Crippen LogP contribution in [-0.2, 0) is 17.5 Å². The summed E-state index contributed by atoms with van der Waals surface area (Å²) in [7, 11) is 0. The third kappa shape index (κ3) is 7.07. The Morgan fingerprint density at radius 2 is 1.51 bits per heavy atom. The van der Waals surface area contributed by atoms with Gasteiger partial charge in [-0.25, -0.2) is 4.79 Å². The molecule has 0 atom stereocenters. The second kappa shape index (κ2) is 11.2. The van der Waals surface area contributed by atoms with Gasteiger partial charge in [0.2, 0.25) is 0 Å². The Hall–Kier alpha value is -4.34. The summed E-state index contributed by atoms with van der Waals surface area (Å²) < 4.78 is 49.0. The van der Waals surface area contributed by atoms with E-state index in [0.717, 1.165) is 12.1 Å². The number of nitrogens with one attached hydrogen (secondary N) is 2. The summed E-state index contributed by atoms with van der Waals surface area (Å²) in [4.78, 5) is 36.0. The highest BCUT2D eigenvalue weighted by molar-refractivity contribution is 6.05. The number of hydrogen-bond acceptors (Lipinski definition) is 5. The number of carbonyl (C=O) groups excluding carboxylic acids is 3. The van der Waals surface area contributed by atoms with Crippen molar-refractivity contribution in [1.82, 2.24) is 5.32 Å². The zero-order chi connectivity index (χ0) is 25.4. The van der Waals surface area contributed by atoms with Gasteiger partial charge in [0.1, 0.15) is 5.75 Å². The van der Waals surface area contributed by atoms with Gasteiger partial charge in [-0.2, -0.15) is 13.2 Å². The molecule has 182 valence electrons. The molecule has 2 N–H and O–H groups in total. The lowest BCUT2D eigenvalue weighted by Gasteiger charge is -2.13. The number of rotatable bonds is 7. The zero-order valence-electron chi connectivity index (χ0n) is 18.5. The summed E-state index contributed by atoms with van der Waals surface area (Å²) >= 11 is 0. The second-order valence-corrected chi connectivity index (χ2v) is 7.19. The molecular formula is C25H21F3N2O5. The fourth-order valence-corrected chi connectivity index (χ4v) is 3.03. The van der Waals surface area contributed by atoms with Crippen LogP contribution in [0.4, 0.5) is 23.7 Å². The Bertz CT molecular complexity index is 1190. The van der Waals surface area contributed by atoms with E-state index in [9.17, 15) is 27.6 Å². The third-order valence-corrected chi connectivity index (χ3v) is 4.72. The Morgan fingerprint density at radius 3 is 2.14 bits per heavy atom. The molecule has 3 rings (SSSR count). The predicted molar refractivity (Wildman–Crippen MR) is 121 cm³/mol. The molecule has 0 fully saturated rings. The highest BCUT2D eigenvalue weighted by Gasteiger charge is 2.34. The van der Waals surface area contributed by atoms with Gasteiger partial charge < -0.3 is 20.1 Å². The quantitative estimate of drug-likeness (QED) is 0.344. The lowest BCUT2D eigenvalue weighted by molar-refractivity contribution is -0.137. The highest BCUT2D eigenvalue weighted by Crippen LogP contribution is 2.32. The number of hydrogen-bond donors (Lipinski definition) is 2. The molecule has 7 nitrogen and oxygen atoms in total. The first kappa shape index (κ1) is 25.3. The van der Waals surface area contributed by atoms with Crippen LogP contribution in [0.25, 0.3) is 0 Å². The van der Waals surface area contributed by atoms with E-state index in [1.165, 1.54) is 48.5 Å². The molecule has 0 heterocycles. The molecule has 0 aliphatic heterocycles. The lowest BCUT2D eigenvalue weighted by Crippen LogP contribution is -2.22. The minimum atomic E-state index is -4.65. The number of alkyl halides is 3. The standard InChI is InChI=1S/C25H21F3N2O5/c1-2-34-24(33)35-19-13-9-17(10-14-19)22(31)29-15-16-7-11-18(12-8-16)30-23(32)20-5-3-4-6-21(20)25(26,27)28/h3-14H,2,15H2,1H3,(H,29,31)(H,30,32). The first-order valence-electron chi connectivity index (χ1n) is 10.5. The molecule has 3 aromatic carbocycles. The van der Waals surface area contributed by atoms with Gasteiger partial charge in [0.05, 0.1) is 17.7 Å². The van der Waals surface area contributed by atoms with Crippen molar-refractivity contribution in [3.63, 3.8) is 0 Å². The summed E-state index contributed by atoms with van der Waals surface area (Å²) in [5.41, 5.74) is -0.144. The number of benzene rings is 3. The lowest BCUT2D eigenvalue weighted by atomic mass is 10.1. The van der Waals surface area contributed by atoms with Gasteiger partial charge in [-0.05, 0) is 61.0 Å². The largest absolute Gasteiger partial charge is 0.513 e. The minimum Gasteiger partial charge on any atom is -0.434 e. The van der Waals surface area contributed by atoms with Crippen LogP contribution in [0.3, 0.4) is 0 Å². The topological polar surface area (TPSA) is 93.7 Å². The van der Waals surface area contributed by atoms with E-state index in [2.05, 4.69) is 15.4 Å². The SMILES string of the molecule is CCOC(=O)Oc1ccc(C(=O)NCc2ccc(NC(=O)c3ccccc3C(F)(F)F)cc2)cc1. The van der Waals surface area contributed by atoms with E-state index in [1.54, 1.807) is 19.1 Å². The molecule has 35 heavy (non-hydrogen) atoms. The molecule has 0 aliphatic carbocycles. The van der Waals surface area contributed by atoms with Crippen LogP contribution in [0.5, 0.6) is 5.75 Å². The van der Waals surface area contributed by atoms with Crippen LogP contribution in [0.1, 0.15) is 38.8 Å². The van der Waals surface area contributed by atoms with Gasteiger partial charge in [-0.3, -0.25) is 9.59 Å². The van der Waals surface area contributed by atoms with E-state index in [0.29, 0.717) is 16.8 Å². The maximum Gasteiger partial charge on any atom is 0.513 e. The predicted octanol–water partition coefficient (Wildman–Crippen LogP) is 5.42. The minimum absolute atomic E-state index is 0.172. The molecule has 0 unspecified atom stereocenters. The van der Waals surface area contributed by atoms with Crippen molar-refractivity contribution < 1.29 is 37.0 Å². The van der Waals surface area contributed by atoms with Gasteiger partial charge in [-0.15, -0.1) is 0 Å². The van der Waals surface area contributed by atoms with Crippen LogP contribution in [0.15, 0.2) is 72.8 Å². The summed E-state index contributed by atoms with van der Waals surface area (Å²) in [5.74, 6) is -1.02. The van der Waals surface area contributed by atoms with Crippen molar-refractivity contribution in [3.05, 3.63) is 95.1 Å². The molecule has 0 bridgehead atoms. The smallest absolute Gasteiger partial charge is 0.434 e. The first-order valence-corrected chi connectivity index (χ1v) is 10.5. The monoisotopic (exact) mass is 486 g/mol. The highest BCUT2D eigenvalue weighted by atomic mass is 19.4. The van der Waals surface area contributed by atoms with Crippen molar-refractivity contribution in [2.45, 2.75) is 19.6 Å². The van der Waals surface area contributed by atoms with Crippen molar-refractivity contribution in [1.29, 1.82) is 0 Å². The Morgan fingerprint density at radius 1 is 0.857 bits per heavy atom. The van der Waals surface area contributed by atoms with Gasteiger partial charge in [0.15, 0.2) is 0 Å². The molecule has 0 aromatic heterocycles. The maximum atomic E-state index is 13.1. The van der Waals surface area contributed by atoms with E-state index < -0.39 is 29.4 Å². The number of ether oxygens (including phenoxy) is 2. The molecule has 0 radical (unpaired) electrons. The molecule has 10 heteroatoms. The van der Waals surface area contributed by atoms with E-state index in [4.69, 9.17) is 4.74 Å². The third-order valence-electron chi connectivity index (χ3n) is 4.72. The normalized spacial score (nSPS) is 10.9. The van der Waals surface area contributed by atoms with Crippen LogP contribution in [0, 0.1) is 0 Å². The summed E-state index contributed by atoms with van der Waals surface area (Å²) in [6, 6.07) is 16.7. The molecular weight excluding hydrogens is 465 g/mol. The molecule has 0 saturated carbocycles. The zero-order valence-corrected chi connectivity index (χ0v) is 18.5. The van der Waals surface area contributed by atoms with Crippen LogP contribution >= 0.6 is 0 Å². The molecule has 0 spiro atoms. The average Bonchev–Trinajstić information content (AvgIpc) is 2.83. The fraction of sp³-hybridized carbons (Fsp3) is 0.160. The van der Waals surface area contributed by atoms with Gasteiger partial charge in [-0.1, -0.05) is 24.3 Å². The fourth-order valence-electron chi connectivity index (χ4n) is 3.03. The Balaban J connectivity index is 1.55. The van der Waals surface area contributed by atoms with E-state index in [1.807, 2.05) is 0 Å². The molecule has 0 saturated heterocycles. The van der Waals surface area contributed by atoms with Crippen LogP contribution in [-0.4, -0.2) is 24.6 Å². The average molecular weight is 486 g/mol. The van der Waals surface area contributed by atoms with Crippen molar-refractivity contribution in [2.24, 2.45) is 0 Å². The van der Waals surface area contributed by atoms with Crippen molar-refractivity contribution in [2.75, 3.05) is 11.9 Å². The number of amides is 2. The molecule has 3 aromatic rings. The first-order chi connectivity index (χ1) is 16.7. The van der Waals surface area contributed by atoms with E-state index in [-0.39, 0.29) is 24.8 Å². The second-order valence-electron chi connectivity index (χ2n) is 7.19. The number of halogens is 3. The Labute approximate surface area is 198 Å². The Kier molecular flexibility index (Phi) is 8.08. The molecule has 0 aliphatic rings. The maximum absolute atomic E-state index is 13.1. The number of carbonyl (C=O) groups is 3.